The molecule has 1 aromatic carbocycles. The Hall–Kier alpha value is -2.37. The van der Waals surface area contributed by atoms with Gasteiger partial charge in [0.25, 0.3) is 5.56 Å². The number of carbonyl (C=O) groups is 1. The normalized spacial score (nSPS) is 10.6. The lowest BCUT2D eigenvalue weighted by molar-refractivity contribution is 0.0517. The van der Waals surface area contributed by atoms with Gasteiger partial charge in [-0.05, 0) is 19.9 Å². The zero-order valence-corrected chi connectivity index (χ0v) is 11.3. The third kappa shape index (κ3) is 2.64. The number of benzene rings is 1. The van der Waals surface area contributed by atoms with E-state index < -0.39 is 11.8 Å². The number of H-pyrrole nitrogens is 1. The summed E-state index contributed by atoms with van der Waals surface area (Å²) in [6.07, 6.45) is 0. The van der Waals surface area contributed by atoms with Gasteiger partial charge in [0.05, 0.1) is 13.2 Å². The molecular weight excluding hydrogens is 263 g/mol. The standard InChI is InChI=1S/C14H15FN2O3/c1-3-20-14(19)12-9(2)13(18)17(16-12)8-10-6-4-5-7-11(10)15/h4-7,16H,3,8H2,1-2H3. The molecule has 2 rings (SSSR count). The van der Waals surface area contributed by atoms with E-state index in [1.165, 1.54) is 17.7 Å². The summed E-state index contributed by atoms with van der Waals surface area (Å²) in [5, 5.41) is 2.67. The van der Waals surface area contributed by atoms with Crippen LogP contribution in [0.4, 0.5) is 4.39 Å². The van der Waals surface area contributed by atoms with Gasteiger partial charge in [0.15, 0.2) is 0 Å². The summed E-state index contributed by atoms with van der Waals surface area (Å²) in [6, 6.07) is 6.17. The first-order valence-corrected chi connectivity index (χ1v) is 6.24. The number of ether oxygens (including phenoxy) is 1. The van der Waals surface area contributed by atoms with Crippen LogP contribution in [0.25, 0.3) is 0 Å². The summed E-state index contributed by atoms with van der Waals surface area (Å²) < 4.78 is 19.6. The van der Waals surface area contributed by atoms with Gasteiger partial charge in [-0.25, -0.2) is 13.9 Å². The number of esters is 1. The minimum Gasteiger partial charge on any atom is -0.461 e. The first-order valence-electron chi connectivity index (χ1n) is 6.24. The van der Waals surface area contributed by atoms with Gasteiger partial charge < -0.3 is 4.74 Å². The highest BCUT2D eigenvalue weighted by Crippen LogP contribution is 2.09. The largest absolute Gasteiger partial charge is 0.461 e. The molecular formula is C14H15FN2O3. The highest BCUT2D eigenvalue weighted by molar-refractivity contribution is 5.88. The second-order valence-corrected chi connectivity index (χ2v) is 4.31. The van der Waals surface area contributed by atoms with Crippen molar-refractivity contribution in [3.8, 4) is 0 Å². The molecule has 0 saturated heterocycles. The zero-order valence-electron chi connectivity index (χ0n) is 11.3. The SMILES string of the molecule is CCOC(=O)c1[nH]n(Cc2ccccc2F)c(=O)c1C. The number of nitrogens with one attached hydrogen (secondary N) is 1. The molecule has 1 heterocycles. The van der Waals surface area contributed by atoms with Crippen molar-refractivity contribution < 1.29 is 13.9 Å². The van der Waals surface area contributed by atoms with Crippen molar-refractivity contribution in [1.29, 1.82) is 0 Å². The average molecular weight is 278 g/mol. The topological polar surface area (TPSA) is 64.1 Å². The molecule has 5 nitrogen and oxygen atoms in total. The maximum atomic E-state index is 13.6. The lowest BCUT2D eigenvalue weighted by Crippen LogP contribution is -2.19. The van der Waals surface area contributed by atoms with Gasteiger partial charge >= 0.3 is 5.97 Å². The van der Waals surface area contributed by atoms with Crippen LogP contribution in [0.1, 0.15) is 28.5 Å². The third-order valence-corrected chi connectivity index (χ3v) is 2.95. The van der Waals surface area contributed by atoms with E-state index in [0.717, 1.165) is 0 Å². The Labute approximate surface area is 115 Å². The predicted octanol–water partition coefficient (Wildman–Crippen LogP) is 1.85. The summed E-state index contributed by atoms with van der Waals surface area (Å²) in [5.74, 6) is -0.987. The number of aromatic nitrogens is 2. The van der Waals surface area contributed by atoms with Crippen molar-refractivity contribution in [2.75, 3.05) is 6.61 Å². The Morgan fingerprint density at radius 1 is 1.40 bits per heavy atom. The molecule has 0 aliphatic carbocycles. The zero-order chi connectivity index (χ0) is 14.7. The molecule has 1 N–H and O–H groups in total. The van der Waals surface area contributed by atoms with Crippen molar-refractivity contribution in [2.45, 2.75) is 20.4 Å². The average Bonchev–Trinajstić information content (AvgIpc) is 2.70. The summed E-state index contributed by atoms with van der Waals surface area (Å²) >= 11 is 0. The first kappa shape index (κ1) is 14.0. The van der Waals surface area contributed by atoms with Crippen LogP contribution in [0.2, 0.25) is 0 Å². The van der Waals surface area contributed by atoms with Crippen molar-refractivity contribution in [3.05, 3.63) is 57.3 Å². The minimum absolute atomic E-state index is 0.0335. The van der Waals surface area contributed by atoms with Gasteiger partial charge in [0.1, 0.15) is 11.5 Å². The quantitative estimate of drug-likeness (QED) is 0.868. The Bertz CT molecular complexity index is 688. The number of aromatic amines is 1. The molecule has 0 spiro atoms. The highest BCUT2D eigenvalue weighted by Gasteiger charge is 2.18. The minimum atomic E-state index is -0.589. The van der Waals surface area contributed by atoms with E-state index in [2.05, 4.69) is 5.10 Å². The number of hydrogen-bond acceptors (Lipinski definition) is 3. The van der Waals surface area contributed by atoms with Crippen LogP contribution in [-0.2, 0) is 11.3 Å². The van der Waals surface area contributed by atoms with Crippen LogP contribution < -0.4 is 5.56 Å². The molecule has 0 amide bonds. The van der Waals surface area contributed by atoms with E-state index in [-0.39, 0.29) is 30.0 Å². The van der Waals surface area contributed by atoms with E-state index in [4.69, 9.17) is 4.74 Å². The molecule has 0 aliphatic rings. The fourth-order valence-electron chi connectivity index (χ4n) is 1.89. The Kier molecular flexibility index (Phi) is 4.02. The summed E-state index contributed by atoms with van der Waals surface area (Å²) in [4.78, 5) is 23.7. The van der Waals surface area contributed by atoms with Gasteiger partial charge in [-0.3, -0.25) is 9.89 Å². The molecule has 0 aliphatic heterocycles. The summed E-state index contributed by atoms with van der Waals surface area (Å²) in [7, 11) is 0. The second-order valence-electron chi connectivity index (χ2n) is 4.31. The van der Waals surface area contributed by atoms with Crippen LogP contribution >= 0.6 is 0 Å². The maximum Gasteiger partial charge on any atom is 0.356 e. The molecule has 106 valence electrons. The van der Waals surface area contributed by atoms with Crippen LogP contribution in [0.3, 0.4) is 0 Å². The second kappa shape index (κ2) is 5.73. The molecule has 0 atom stereocenters. The molecule has 1 aromatic heterocycles. The van der Waals surface area contributed by atoms with E-state index in [1.807, 2.05) is 0 Å². The van der Waals surface area contributed by atoms with Gasteiger partial charge in [0.2, 0.25) is 0 Å². The maximum absolute atomic E-state index is 13.6. The monoisotopic (exact) mass is 278 g/mol. The number of halogens is 1. The molecule has 0 unspecified atom stereocenters. The Morgan fingerprint density at radius 2 is 2.10 bits per heavy atom. The van der Waals surface area contributed by atoms with Crippen LogP contribution in [-0.4, -0.2) is 22.4 Å². The molecule has 0 bridgehead atoms. The Morgan fingerprint density at radius 3 is 2.75 bits per heavy atom. The van der Waals surface area contributed by atoms with Crippen molar-refractivity contribution in [2.24, 2.45) is 0 Å². The van der Waals surface area contributed by atoms with E-state index in [0.29, 0.717) is 5.56 Å². The van der Waals surface area contributed by atoms with Crippen molar-refractivity contribution >= 4 is 5.97 Å². The molecule has 20 heavy (non-hydrogen) atoms. The fourth-order valence-corrected chi connectivity index (χ4v) is 1.89. The number of nitrogens with zero attached hydrogens (tertiary/aromatic N) is 1. The fraction of sp³-hybridized carbons (Fsp3) is 0.286. The molecule has 0 saturated carbocycles. The third-order valence-electron chi connectivity index (χ3n) is 2.95. The number of hydrogen-bond donors (Lipinski definition) is 1. The van der Waals surface area contributed by atoms with Crippen molar-refractivity contribution in [1.82, 2.24) is 9.78 Å². The van der Waals surface area contributed by atoms with Gasteiger partial charge in [-0.2, -0.15) is 0 Å². The molecule has 0 fully saturated rings. The predicted molar refractivity (Wildman–Crippen MR) is 71.2 cm³/mol. The van der Waals surface area contributed by atoms with Crippen LogP contribution in [0.5, 0.6) is 0 Å². The van der Waals surface area contributed by atoms with Crippen LogP contribution in [0.15, 0.2) is 29.1 Å². The van der Waals surface area contributed by atoms with E-state index in [9.17, 15) is 14.0 Å². The number of rotatable bonds is 4. The smallest absolute Gasteiger partial charge is 0.356 e. The number of carbonyl (C=O) groups excluding carboxylic acids is 1. The van der Waals surface area contributed by atoms with Gasteiger partial charge in [-0.1, -0.05) is 18.2 Å². The van der Waals surface area contributed by atoms with Crippen LogP contribution in [0, 0.1) is 12.7 Å². The van der Waals surface area contributed by atoms with E-state index in [1.54, 1.807) is 25.1 Å². The molecule has 2 aromatic rings. The first-order chi connectivity index (χ1) is 9.54. The lowest BCUT2D eigenvalue weighted by atomic mass is 10.2. The van der Waals surface area contributed by atoms with Gasteiger partial charge in [0, 0.05) is 11.1 Å². The van der Waals surface area contributed by atoms with Crippen molar-refractivity contribution in [3.63, 3.8) is 0 Å². The van der Waals surface area contributed by atoms with Gasteiger partial charge in [-0.15, -0.1) is 0 Å². The Balaban J connectivity index is 2.35. The highest BCUT2D eigenvalue weighted by atomic mass is 19.1. The van der Waals surface area contributed by atoms with E-state index >= 15 is 0 Å². The lowest BCUT2D eigenvalue weighted by Gasteiger charge is -2.03. The molecule has 6 heteroatoms. The summed E-state index contributed by atoms with van der Waals surface area (Å²) in [5.41, 5.74) is 0.371. The molecule has 0 radical (unpaired) electrons. The summed E-state index contributed by atoms with van der Waals surface area (Å²) in [6.45, 7) is 3.47.